The van der Waals surface area contributed by atoms with Crippen molar-refractivity contribution in [1.82, 2.24) is 4.98 Å². The van der Waals surface area contributed by atoms with Crippen LogP contribution in [0.25, 0.3) is 11.3 Å². The summed E-state index contributed by atoms with van der Waals surface area (Å²) in [6.45, 7) is 2.01. The van der Waals surface area contributed by atoms with Gasteiger partial charge in [0.25, 0.3) is 0 Å². The minimum Gasteiger partial charge on any atom is -0.493 e. The number of ketones is 1. The van der Waals surface area contributed by atoms with E-state index in [-0.39, 0.29) is 11.3 Å². The van der Waals surface area contributed by atoms with Crippen molar-refractivity contribution >= 4 is 17.1 Å². The van der Waals surface area contributed by atoms with E-state index in [0.29, 0.717) is 22.3 Å². The number of thiazole rings is 1. The summed E-state index contributed by atoms with van der Waals surface area (Å²) < 4.78 is 15.9. The normalized spacial score (nSPS) is 11.4. The Morgan fingerprint density at radius 1 is 1.07 bits per heavy atom. The summed E-state index contributed by atoms with van der Waals surface area (Å²) in [6, 6.07) is 13.1. The van der Waals surface area contributed by atoms with Crippen molar-refractivity contribution in [1.29, 1.82) is 5.26 Å². The maximum atomic E-state index is 13.1. The minimum atomic E-state index is -1.03. The highest BCUT2D eigenvalue weighted by molar-refractivity contribution is 7.10. The highest BCUT2D eigenvalue weighted by Crippen LogP contribution is 2.39. The van der Waals surface area contributed by atoms with Crippen LogP contribution in [0.4, 0.5) is 0 Å². The van der Waals surface area contributed by atoms with E-state index in [2.05, 4.69) is 11.1 Å². The van der Waals surface area contributed by atoms with Crippen molar-refractivity contribution in [3.05, 3.63) is 57.9 Å². The molecule has 3 rings (SSSR count). The summed E-state index contributed by atoms with van der Waals surface area (Å²) in [6.07, 6.45) is 0. The number of nitriles is 1. The lowest BCUT2D eigenvalue weighted by Crippen LogP contribution is -2.12. The number of ether oxygens (including phenoxy) is 3. The number of carbonyl (C=O) groups is 1. The molecule has 0 aliphatic heterocycles. The molecule has 29 heavy (non-hydrogen) atoms. The van der Waals surface area contributed by atoms with Crippen LogP contribution in [-0.2, 0) is 0 Å². The fraction of sp³-hybridized carbons (Fsp3) is 0.227. The molecule has 0 spiro atoms. The largest absolute Gasteiger partial charge is 0.493 e. The van der Waals surface area contributed by atoms with Gasteiger partial charge in [0, 0.05) is 16.5 Å². The molecule has 3 aromatic rings. The van der Waals surface area contributed by atoms with Gasteiger partial charge in [0.15, 0.2) is 23.2 Å². The van der Waals surface area contributed by atoms with Gasteiger partial charge >= 0.3 is 0 Å². The highest BCUT2D eigenvalue weighted by atomic mass is 32.1. The minimum absolute atomic E-state index is 0.290. The molecule has 1 aromatic heterocycles. The van der Waals surface area contributed by atoms with Crippen LogP contribution in [0.3, 0.4) is 0 Å². The number of nitrogens with zero attached hydrogens (tertiary/aromatic N) is 2. The Balaban J connectivity index is 1.96. The molecule has 1 atom stereocenters. The molecule has 1 heterocycles. The molecule has 0 fully saturated rings. The lowest BCUT2D eigenvalue weighted by atomic mass is 9.98. The van der Waals surface area contributed by atoms with E-state index in [4.69, 9.17) is 14.2 Å². The number of Topliss-reactive ketones (excluding diaryl/α,β-unsaturated/α-hetero) is 1. The summed E-state index contributed by atoms with van der Waals surface area (Å²) in [4.78, 5) is 17.6. The Hall–Kier alpha value is -3.37. The number of aryl methyl sites for hydroxylation is 1. The molecule has 0 amide bonds. The van der Waals surface area contributed by atoms with Crippen molar-refractivity contribution in [3.8, 4) is 34.6 Å². The number of rotatable bonds is 7. The molecule has 0 aliphatic carbocycles. The standard InChI is InChI=1S/C22H20N2O4S/c1-13-5-7-14(8-6-13)17-12-29-22(24-17)16(11-23)20(25)15-9-18(26-2)21(28-4)19(10-15)27-3/h5-10,12,16H,1-4H3. The Kier molecular flexibility index (Phi) is 6.15. The van der Waals surface area contributed by atoms with Crippen LogP contribution in [-0.4, -0.2) is 32.1 Å². The SMILES string of the molecule is COc1cc(C(=O)C(C#N)c2nc(-c3ccc(C)cc3)cs2)cc(OC)c1OC. The predicted molar refractivity (Wildman–Crippen MR) is 111 cm³/mol. The average Bonchev–Trinajstić information content (AvgIpc) is 3.23. The lowest BCUT2D eigenvalue weighted by Gasteiger charge is -2.14. The molecule has 7 heteroatoms. The number of carbonyl (C=O) groups excluding carboxylic acids is 1. The number of aromatic nitrogens is 1. The third kappa shape index (κ3) is 4.08. The summed E-state index contributed by atoms with van der Waals surface area (Å²) in [5, 5.41) is 12.0. The van der Waals surface area contributed by atoms with Crippen molar-refractivity contribution in [2.45, 2.75) is 12.8 Å². The summed E-state index contributed by atoms with van der Waals surface area (Å²) in [7, 11) is 4.44. The molecule has 0 N–H and O–H groups in total. The van der Waals surface area contributed by atoms with Gasteiger partial charge < -0.3 is 14.2 Å². The highest BCUT2D eigenvalue weighted by Gasteiger charge is 2.27. The molecule has 0 radical (unpaired) electrons. The Bertz CT molecular complexity index is 1040. The zero-order valence-corrected chi connectivity index (χ0v) is 17.4. The van der Waals surface area contributed by atoms with E-state index in [1.165, 1.54) is 32.7 Å². The molecule has 0 bridgehead atoms. The molecule has 0 saturated carbocycles. The van der Waals surface area contributed by atoms with Crippen LogP contribution in [0.5, 0.6) is 17.2 Å². The molecule has 1 unspecified atom stereocenters. The predicted octanol–water partition coefficient (Wildman–Crippen LogP) is 4.63. The summed E-state index contributed by atoms with van der Waals surface area (Å²) in [5.41, 5.74) is 3.12. The Morgan fingerprint density at radius 3 is 2.21 bits per heavy atom. The van der Waals surface area contributed by atoms with E-state index < -0.39 is 5.92 Å². The second-order valence-electron chi connectivity index (χ2n) is 6.28. The molecule has 0 saturated heterocycles. The average molecular weight is 408 g/mol. The van der Waals surface area contributed by atoms with Crippen molar-refractivity contribution < 1.29 is 19.0 Å². The van der Waals surface area contributed by atoms with Crippen LogP contribution < -0.4 is 14.2 Å². The van der Waals surface area contributed by atoms with Gasteiger partial charge in [0.2, 0.25) is 5.75 Å². The Labute approximate surface area is 173 Å². The van der Waals surface area contributed by atoms with Crippen LogP contribution in [0.15, 0.2) is 41.8 Å². The van der Waals surface area contributed by atoms with E-state index in [1.807, 2.05) is 36.6 Å². The van der Waals surface area contributed by atoms with Crippen LogP contribution >= 0.6 is 11.3 Å². The van der Waals surface area contributed by atoms with Crippen LogP contribution in [0.2, 0.25) is 0 Å². The molecule has 6 nitrogen and oxygen atoms in total. The Morgan fingerprint density at radius 2 is 1.69 bits per heavy atom. The van der Waals surface area contributed by atoms with Gasteiger partial charge in [-0.2, -0.15) is 5.26 Å². The van der Waals surface area contributed by atoms with Gasteiger partial charge in [-0.25, -0.2) is 4.98 Å². The maximum Gasteiger partial charge on any atom is 0.203 e. The van der Waals surface area contributed by atoms with E-state index in [1.54, 1.807) is 12.1 Å². The lowest BCUT2D eigenvalue weighted by molar-refractivity contribution is 0.0978. The zero-order valence-electron chi connectivity index (χ0n) is 16.6. The topological polar surface area (TPSA) is 81.4 Å². The molecule has 0 aliphatic rings. The van der Waals surface area contributed by atoms with Gasteiger partial charge in [-0.15, -0.1) is 11.3 Å². The number of hydrogen-bond donors (Lipinski definition) is 0. The zero-order chi connectivity index (χ0) is 21.0. The van der Waals surface area contributed by atoms with Gasteiger partial charge in [0.1, 0.15) is 5.01 Å². The first-order valence-corrected chi connectivity index (χ1v) is 9.66. The second kappa shape index (κ2) is 8.76. The van der Waals surface area contributed by atoms with Crippen molar-refractivity contribution in [3.63, 3.8) is 0 Å². The third-order valence-electron chi connectivity index (χ3n) is 4.46. The van der Waals surface area contributed by atoms with Gasteiger partial charge in [-0.1, -0.05) is 29.8 Å². The third-order valence-corrected chi connectivity index (χ3v) is 5.37. The monoisotopic (exact) mass is 408 g/mol. The molecule has 148 valence electrons. The number of methoxy groups -OCH3 is 3. The van der Waals surface area contributed by atoms with Gasteiger partial charge in [-0.05, 0) is 19.1 Å². The number of benzene rings is 2. The van der Waals surface area contributed by atoms with Crippen molar-refractivity contribution in [2.24, 2.45) is 0 Å². The second-order valence-corrected chi connectivity index (χ2v) is 7.17. The molecule has 2 aromatic carbocycles. The molecular weight excluding hydrogens is 388 g/mol. The van der Waals surface area contributed by atoms with Gasteiger partial charge in [-0.3, -0.25) is 4.79 Å². The van der Waals surface area contributed by atoms with E-state index >= 15 is 0 Å². The fourth-order valence-electron chi connectivity index (χ4n) is 2.89. The van der Waals surface area contributed by atoms with Crippen LogP contribution in [0.1, 0.15) is 26.8 Å². The molecular formula is C22H20N2O4S. The smallest absolute Gasteiger partial charge is 0.203 e. The maximum absolute atomic E-state index is 13.1. The summed E-state index contributed by atoms with van der Waals surface area (Å²) >= 11 is 1.29. The fourth-order valence-corrected chi connectivity index (χ4v) is 3.76. The quantitative estimate of drug-likeness (QED) is 0.530. The van der Waals surface area contributed by atoms with Crippen molar-refractivity contribution in [2.75, 3.05) is 21.3 Å². The van der Waals surface area contributed by atoms with E-state index in [0.717, 1.165) is 16.8 Å². The first kappa shape index (κ1) is 20.4. The first-order valence-electron chi connectivity index (χ1n) is 8.78. The van der Waals surface area contributed by atoms with E-state index in [9.17, 15) is 10.1 Å². The summed E-state index contributed by atoms with van der Waals surface area (Å²) in [5.74, 6) is -0.313. The van der Waals surface area contributed by atoms with Crippen LogP contribution in [0, 0.1) is 18.3 Å². The first-order chi connectivity index (χ1) is 14.0. The number of hydrogen-bond acceptors (Lipinski definition) is 7. The van der Waals surface area contributed by atoms with Gasteiger partial charge in [0.05, 0.1) is 33.1 Å².